The molecule has 0 radical (unpaired) electrons. The quantitative estimate of drug-likeness (QED) is 0.831. The Hall–Kier alpha value is -2.93. The molecular weight excluding hydrogens is 330 g/mol. The summed E-state index contributed by atoms with van der Waals surface area (Å²) < 4.78 is 7.68. The minimum atomic E-state index is -0.229. The van der Waals surface area contributed by atoms with Gasteiger partial charge in [-0.1, -0.05) is 6.07 Å². The molecule has 0 aliphatic heterocycles. The maximum absolute atomic E-state index is 12.2. The summed E-state index contributed by atoms with van der Waals surface area (Å²) in [4.78, 5) is 18.8. The Morgan fingerprint density at radius 1 is 1.27 bits per heavy atom. The number of aromatic nitrogens is 2. The fourth-order valence-electron chi connectivity index (χ4n) is 2.57. The molecule has 0 saturated heterocycles. The molecule has 7 nitrogen and oxygen atoms in total. The molecule has 2 heterocycles. The number of hydrogen-bond donors (Lipinski definition) is 1. The highest BCUT2D eigenvalue weighted by atomic mass is 16.5. The molecule has 0 bridgehead atoms. The van der Waals surface area contributed by atoms with Gasteiger partial charge in [0.25, 0.3) is 5.88 Å². The number of aryl methyl sites for hydroxylation is 2. The first-order valence-electron chi connectivity index (χ1n) is 8.41. The molecule has 2 N–H and O–H groups in total. The lowest BCUT2D eigenvalue weighted by atomic mass is 10.1. The molecule has 0 atom stereocenters. The molecule has 0 spiro atoms. The van der Waals surface area contributed by atoms with Crippen molar-refractivity contribution in [2.24, 2.45) is 10.7 Å². The van der Waals surface area contributed by atoms with Crippen molar-refractivity contribution in [1.29, 1.82) is 0 Å². The molecular formula is C19H23N5O2. The second-order valence-corrected chi connectivity index (χ2v) is 6.54. The van der Waals surface area contributed by atoms with E-state index in [0.717, 1.165) is 23.3 Å². The summed E-state index contributed by atoms with van der Waals surface area (Å²) in [6.45, 7) is 5.24. The van der Waals surface area contributed by atoms with Gasteiger partial charge in [-0.05, 0) is 51.7 Å². The van der Waals surface area contributed by atoms with E-state index in [4.69, 9.17) is 10.5 Å². The van der Waals surface area contributed by atoms with Crippen molar-refractivity contribution in [3.63, 3.8) is 0 Å². The molecule has 3 rings (SSSR count). The summed E-state index contributed by atoms with van der Waals surface area (Å²) >= 11 is 0. The summed E-state index contributed by atoms with van der Waals surface area (Å²) in [5, 5.41) is 4.57. The van der Waals surface area contributed by atoms with E-state index in [1.165, 1.54) is 6.08 Å². The number of likely N-dealkylation sites (N-methyl/N-ethyl adjacent to an activating group) is 1. The summed E-state index contributed by atoms with van der Waals surface area (Å²) in [5.41, 5.74) is 9.85. The maximum atomic E-state index is 12.2. The van der Waals surface area contributed by atoms with Gasteiger partial charge in [0.1, 0.15) is 12.3 Å². The highest BCUT2D eigenvalue weighted by Gasteiger charge is 2.19. The average Bonchev–Trinajstić information content (AvgIpc) is 2.92. The molecule has 0 fully saturated rings. The number of rotatable bonds is 5. The normalized spacial score (nSPS) is 16.0. The minimum absolute atomic E-state index is 0.229. The SMILES string of the molecule is Cc1ccc2c(N=C3C=CC(N)=CC3=O)c(OCCN(C)C)nn2c1C. The zero-order valence-electron chi connectivity index (χ0n) is 15.5. The standard InChI is InChI=1S/C19H23N5O2/c1-12-5-8-16-18(21-15-7-6-14(20)11-17(15)25)19(22-24(16)13(12)2)26-10-9-23(3)4/h5-8,11H,9-10,20H2,1-4H3. The van der Waals surface area contributed by atoms with E-state index in [2.05, 4.69) is 10.1 Å². The number of fused-ring (bicyclic) bond motifs is 1. The zero-order valence-corrected chi connectivity index (χ0v) is 15.5. The number of carbonyl (C=O) groups excluding carboxylic acids is 1. The Balaban J connectivity index is 2.08. The van der Waals surface area contributed by atoms with E-state index < -0.39 is 0 Å². The number of hydrogen-bond acceptors (Lipinski definition) is 6. The Kier molecular flexibility index (Phi) is 4.90. The Labute approximate surface area is 152 Å². The van der Waals surface area contributed by atoms with Crippen LogP contribution in [0.5, 0.6) is 5.88 Å². The summed E-state index contributed by atoms with van der Waals surface area (Å²) in [6.07, 6.45) is 4.65. The minimum Gasteiger partial charge on any atom is -0.474 e. The first-order valence-corrected chi connectivity index (χ1v) is 8.41. The number of aliphatic imine (C=N–C) groups is 1. The van der Waals surface area contributed by atoms with Crippen LogP contribution in [0.1, 0.15) is 11.3 Å². The number of ketones is 1. The predicted octanol–water partition coefficient (Wildman–Crippen LogP) is 1.95. The predicted molar refractivity (Wildman–Crippen MR) is 102 cm³/mol. The number of pyridine rings is 1. The lowest BCUT2D eigenvalue weighted by molar-refractivity contribution is -0.108. The third-order valence-electron chi connectivity index (χ3n) is 4.24. The van der Waals surface area contributed by atoms with E-state index in [9.17, 15) is 4.79 Å². The molecule has 2 aromatic heterocycles. The summed E-state index contributed by atoms with van der Waals surface area (Å²) in [6, 6.07) is 3.95. The van der Waals surface area contributed by atoms with E-state index >= 15 is 0 Å². The highest BCUT2D eigenvalue weighted by molar-refractivity contribution is 6.49. The van der Waals surface area contributed by atoms with Crippen molar-refractivity contribution in [3.8, 4) is 5.88 Å². The topological polar surface area (TPSA) is 85.2 Å². The van der Waals surface area contributed by atoms with Crippen LogP contribution in [0.2, 0.25) is 0 Å². The van der Waals surface area contributed by atoms with Crippen LogP contribution < -0.4 is 10.5 Å². The van der Waals surface area contributed by atoms with Crippen LogP contribution in [0.3, 0.4) is 0 Å². The average molecular weight is 353 g/mol. The van der Waals surface area contributed by atoms with Gasteiger partial charge in [-0.3, -0.25) is 4.79 Å². The van der Waals surface area contributed by atoms with Crippen molar-refractivity contribution in [2.45, 2.75) is 13.8 Å². The van der Waals surface area contributed by atoms with Crippen LogP contribution in [0, 0.1) is 13.8 Å². The van der Waals surface area contributed by atoms with Gasteiger partial charge in [0, 0.05) is 24.0 Å². The monoisotopic (exact) mass is 353 g/mol. The van der Waals surface area contributed by atoms with Gasteiger partial charge in [0.05, 0.1) is 5.52 Å². The van der Waals surface area contributed by atoms with Crippen LogP contribution in [0.15, 0.2) is 41.1 Å². The molecule has 0 amide bonds. The maximum Gasteiger partial charge on any atom is 0.260 e. The largest absolute Gasteiger partial charge is 0.474 e. The Morgan fingerprint density at radius 3 is 2.73 bits per heavy atom. The molecule has 26 heavy (non-hydrogen) atoms. The Morgan fingerprint density at radius 2 is 2.04 bits per heavy atom. The van der Waals surface area contributed by atoms with Crippen LogP contribution in [-0.2, 0) is 4.79 Å². The first kappa shape index (κ1) is 17.9. The Bertz CT molecular complexity index is 950. The van der Waals surface area contributed by atoms with Crippen LogP contribution in [0.25, 0.3) is 5.52 Å². The van der Waals surface area contributed by atoms with E-state index in [1.54, 1.807) is 16.7 Å². The van der Waals surface area contributed by atoms with Gasteiger partial charge >= 0.3 is 0 Å². The van der Waals surface area contributed by atoms with E-state index in [1.807, 2.05) is 45.0 Å². The van der Waals surface area contributed by atoms with Crippen molar-refractivity contribution < 1.29 is 9.53 Å². The molecule has 1 aliphatic carbocycles. The van der Waals surface area contributed by atoms with Crippen molar-refractivity contribution in [2.75, 3.05) is 27.2 Å². The van der Waals surface area contributed by atoms with Crippen molar-refractivity contribution in [1.82, 2.24) is 14.5 Å². The fraction of sp³-hybridized carbons (Fsp3) is 0.316. The van der Waals surface area contributed by atoms with Gasteiger partial charge in [0.15, 0.2) is 5.69 Å². The third-order valence-corrected chi connectivity index (χ3v) is 4.24. The number of nitrogens with zero attached hydrogens (tertiary/aromatic N) is 4. The van der Waals surface area contributed by atoms with Crippen LogP contribution >= 0.6 is 0 Å². The lowest BCUT2D eigenvalue weighted by Crippen LogP contribution is -2.19. The zero-order chi connectivity index (χ0) is 18.8. The molecule has 1 aliphatic rings. The van der Waals surface area contributed by atoms with E-state index in [-0.39, 0.29) is 5.78 Å². The van der Waals surface area contributed by atoms with Gasteiger partial charge in [-0.15, -0.1) is 5.10 Å². The van der Waals surface area contributed by atoms with Crippen LogP contribution in [0.4, 0.5) is 5.69 Å². The summed E-state index contributed by atoms with van der Waals surface area (Å²) in [5.74, 6) is 0.184. The fourth-order valence-corrected chi connectivity index (χ4v) is 2.57. The van der Waals surface area contributed by atoms with Crippen molar-refractivity contribution in [3.05, 3.63) is 47.3 Å². The molecule has 136 valence electrons. The van der Waals surface area contributed by atoms with Gasteiger partial charge in [-0.25, -0.2) is 9.51 Å². The lowest BCUT2D eigenvalue weighted by Gasteiger charge is -2.09. The number of ether oxygens (including phenoxy) is 1. The van der Waals surface area contributed by atoms with Crippen molar-refractivity contribution >= 4 is 22.7 Å². The first-order chi connectivity index (χ1) is 12.4. The summed E-state index contributed by atoms with van der Waals surface area (Å²) in [7, 11) is 3.95. The highest BCUT2D eigenvalue weighted by Crippen LogP contribution is 2.33. The number of nitrogens with two attached hydrogens (primary N) is 1. The molecule has 7 heteroatoms. The molecule has 2 aromatic rings. The molecule has 0 unspecified atom stereocenters. The number of allylic oxidation sites excluding steroid dienone is 3. The second-order valence-electron chi connectivity index (χ2n) is 6.54. The number of carbonyl (C=O) groups is 1. The van der Waals surface area contributed by atoms with Crippen LogP contribution in [-0.4, -0.2) is 53.3 Å². The van der Waals surface area contributed by atoms with E-state index in [0.29, 0.717) is 29.6 Å². The van der Waals surface area contributed by atoms with Gasteiger partial charge in [-0.2, -0.15) is 0 Å². The van der Waals surface area contributed by atoms with Gasteiger partial charge in [0.2, 0.25) is 5.78 Å². The second kappa shape index (κ2) is 7.13. The smallest absolute Gasteiger partial charge is 0.260 e. The molecule has 0 aromatic carbocycles. The van der Waals surface area contributed by atoms with Gasteiger partial charge < -0.3 is 15.4 Å². The molecule has 0 saturated carbocycles. The third kappa shape index (κ3) is 3.52.